The van der Waals surface area contributed by atoms with Crippen LogP contribution in [0.25, 0.3) is 37.8 Å². The van der Waals surface area contributed by atoms with Crippen LogP contribution < -0.4 is 9.64 Å². The highest BCUT2D eigenvalue weighted by Crippen LogP contribution is 2.39. The predicted molar refractivity (Wildman–Crippen MR) is 172 cm³/mol. The number of methoxy groups -OCH3 is 1. The second-order valence-corrected chi connectivity index (χ2v) is 12.3. The van der Waals surface area contributed by atoms with E-state index in [2.05, 4.69) is 31.3 Å². The molecule has 0 aliphatic carbocycles. The van der Waals surface area contributed by atoms with E-state index in [0.717, 1.165) is 0 Å². The van der Waals surface area contributed by atoms with Crippen LogP contribution in [0.4, 0.5) is 19.0 Å². The lowest BCUT2D eigenvalue weighted by molar-refractivity contribution is -0.147. The number of anilines is 1. The Labute approximate surface area is 274 Å². The van der Waals surface area contributed by atoms with Gasteiger partial charge in [-0.15, -0.1) is 0 Å². The lowest BCUT2D eigenvalue weighted by Gasteiger charge is -2.53. The Morgan fingerprint density at radius 1 is 1.21 bits per heavy atom. The van der Waals surface area contributed by atoms with E-state index in [0.29, 0.717) is 17.3 Å². The zero-order chi connectivity index (χ0) is 33.6. The van der Waals surface area contributed by atoms with E-state index in [1.54, 1.807) is 36.3 Å². The first kappa shape index (κ1) is 32.4. The van der Waals surface area contributed by atoms with Gasteiger partial charge in [-0.3, -0.25) is 14.7 Å². The van der Waals surface area contributed by atoms with Crippen LogP contribution in [0.5, 0.6) is 6.01 Å². The molecule has 244 valence electrons. The normalized spacial score (nSPS) is 21.5. The summed E-state index contributed by atoms with van der Waals surface area (Å²) in [7, 11) is 3.56. The molecule has 10 nitrogen and oxygen atoms in total. The summed E-state index contributed by atoms with van der Waals surface area (Å²) in [5.41, 5.74) is -0.428. The number of rotatable bonds is 8. The van der Waals surface area contributed by atoms with Gasteiger partial charge >= 0.3 is 6.01 Å². The number of amides is 1. The van der Waals surface area contributed by atoms with Gasteiger partial charge in [-0.2, -0.15) is 9.97 Å². The Morgan fingerprint density at radius 2 is 2.00 bits per heavy atom. The fraction of sp³-hybridized carbons (Fsp3) is 0.364. The van der Waals surface area contributed by atoms with E-state index in [-0.39, 0.29) is 77.9 Å². The summed E-state index contributed by atoms with van der Waals surface area (Å²) in [5.74, 6) is -3.19. The molecule has 0 saturated carbocycles. The number of carbonyl (C=O) groups excluding carboxylic acids is 1. The van der Waals surface area contributed by atoms with Gasteiger partial charge in [-0.05, 0) is 25.4 Å². The molecule has 2 unspecified atom stereocenters. The first-order valence-corrected chi connectivity index (χ1v) is 15.2. The molecule has 2 aliphatic heterocycles. The fourth-order valence-electron chi connectivity index (χ4n) is 6.28. The number of hydrogen-bond acceptors (Lipinski definition) is 8. The molecule has 0 N–H and O–H groups in total. The maximum absolute atomic E-state index is 16.7. The minimum absolute atomic E-state index is 0.0656. The van der Waals surface area contributed by atoms with Crippen LogP contribution in [0.2, 0.25) is 5.02 Å². The molecule has 1 amide bonds. The van der Waals surface area contributed by atoms with Gasteiger partial charge in [-0.1, -0.05) is 42.4 Å². The number of nitrogens with zero attached hydrogens (tertiary/aromatic N) is 7. The van der Waals surface area contributed by atoms with Crippen molar-refractivity contribution in [2.45, 2.75) is 24.6 Å². The zero-order valence-corrected chi connectivity index (χ0v) is 26.7. The smallest absolute Gasteiger partial charge is 0.319 e. The number of carbonyl (C=O) groups is 1. The number of benzene rings is 2. The first-order chi connectivity index (χ1) is 22.5. The number of halogens is 4. The molecule has 4 heterocycles. The van der Waals surface area contributed by atoms with Crippen LogP contribution in [0.1, 0.15) is 6.92 Å². The Kier molecular flexibility index (Phi) is 8.69. The predicted octanol–water partition coefficient (Wildman–Crippen LogP) is 5.29. The van der Waals surface area contributed by atoms with Gasteiger partial charge in [0.15, 0.2) is 11.6 Å². The summed E-state index contributed by atoms with van der Waals surface area (Å²) in [5, 5.41) is 0.984. The highest BCUT2D eigenvalue weighted by Gasteiger charge is 2.49. The van der Waals surface area contributed by atoms with Crippen LogP contribution in [-0.4, -0.2) is 102 Å². The molecule has 2 fully saturated rings. The molecule has 0 bridgehead atoms. The maximum atomic E-state index is 16.7. The molecule has 0 spiro atoms. The third kappa shape index (κ3) is 5.60. The first-order valence-electron chi connectivity index (χ1n) is 14.8. The molecule has 47 heavy (non-hydrogen) atoms. The average Bonchev–Trinajstić information content (AvgIpc) is 3.07. The van der Waals surface area contributed by atoms with Crippen molar-refractivity contribution >= 4 is 45.0 Å². The monoisotopic (exact) mass is 665 g/mol. The lowest BCUT2D eigenvalue weighted by Crippen LogP contribution is -2.70. The second-order valence-electron chi connectivity index (χ2n) is 11.9. The van der Waals surface area contributed by atoms with Crippen molar-refractivity contribution < 1.29 is 27.4 Å². The zero-order valence-electron chi connectivity index (χ0n) is 25.9. The molecule has 0 radical (unpaired) electrons. The Bertz CT molecular complexity index is 1960. The van der Waals surface area contributed by atoms with Gasteiger partial charge in [0, 0.05) is 50.4 Å². The van der Waals surface area contributed by atoms with E-state index < -0.39 is 34.9 Å². The maximum Gasteiger partial charge on any atom is 0.319 e. The molecule has 3 atom stereocenters. The summed E-state index contributed by atoms with van der Waals surface area (Å²) in [6.07, 6.45) is 1.31. The largest absolute Gasteiger partial charge is 0.461 e. The number of fused-ring (bicyclic) bond motifs is 2. The topological polar surface area (TPSA) is 88.3 Å². The Hall–Kier alpha value is -4.51. The summed E-state index contributed by atoms with van der Waals surface area (Å²) in [6.45, 7) is 13.6. The molecule has 4 aromatic rings. The van der Waals surface area contributed by atoms with Crippen LogP contribution in [0.15, 0.2) is 48.9 Å². The Morgan fingerprint density at radius 3 is 2.70 bits per heavy atom. The summed E-state index contributed by atoms with van der Waals surface area (Å²) in [4.78, 5) is 34.7. The van der Waals surface area contributed by atoms with Crippen molar-refractivity contribution in [3.05, 3.63) is 77.0 Å². The third-order valence-corrected chi connectivity index (χ3v) is 9.56. The number of piperazine rings is 1. The van der Waals surface area contributed by atoms with Crippen LogP contribution >= 0.6 is 11.6 Å². The van der Waals surface area contributed by atoms with Crippen molar-refractivity contribution in [1.29, 1.82) is 0 Å². The summed E-state index contributed by atoms with van der Waals surface area (Å²) >= 11 is 6.37. The highest BCUT2D eigenvalue weighted by atomic mass is 35.5. The van der Waals surface area contributed by atoms with E-state index in [1.165, 1.54) is 17.2 Å². The van der Waals surface area contributed by atoms with E-state index in [4.69, 9.17) is 27.6 Å². The van der Waals surface area contributed by atoms with Gasteiger partial charge in [0.05, 0.1) is 22.1 Å². The second kappa shape index (κ2) is 12.6. The van der Waals surface area contributed by atoms with Crippen LogP contribution in [0, 0.1) is 18.2 Å². The van der Waals surface area contributed by atoms with Crippen LogP contribution in [0.3, 0.4) is 0 Å². The molecule has 2 aromatic heterocycles. The lowest BCUT2D eigenvalue weighted by atomic mass is 9.85. The van der Waals surface area contributed by atoms with E-state index in [1.807, 2.05) is 14.0 Å². The number of hydrogen-bond donors (Lipinski definition) is 0. The molecule has 2 aromatic carbocycles. The van der Waals surface area contributed by atoms with Gasteiger partial charge in [0.1, 0.15) is 35.5 Å². The standard InChI is InChI=1S/C33H31ClF3N7O3/c1-18(35)31(45)44-12-11-43(15-20(44)13-38-3)30-22-14-39-28(21-8-6-7-19-9-10-23(36)26(34)25(19)21)27(37)29(22)40-32(41-30)47-17-33(2)24(46-5)16-42(33)4/h6-10,14,20,24H,1,11-13,15-17H2,2,4-5H3/t20-,24?,33?/m0/s1. The molecule has 14 heteroatoms. The molecular formula is C33H31ClF3N7O3. The third-order valence-electron chi connectivity index (χ3n) is 9.19. The Balaban J connectivity index is 1.47. The molecular weight excluding hydrogens is 635 g/mol. The fourth-order valence-corrected chi connectivity index (χ4v) is 6.56. The summed E-state index contributed by atoms with van der Waals surface area (Å²) < 4.78 is 56.8. The average molecular weight is 666 g/mol. The number of pyridine rings is 1. The summed E-state index contributed by atoms with van der Waals surface area (Å²) in [6, 6.07) is 7.04. The number of ether oxygens (including phenoxy) is 2. The number of likely N-dealkylation sites (N-methyl/N-ethyl adjacent to an activating group) is 1. The van der Waals surface area contributed by atoms with Crippen molar-refractivity contribution in [3.8, 4) is 17.3 Å². The highest BCUT2D eigenvalue weighted by molar-refractivity contribution is 6.36. The van der Waals surface area contributed by atoms with Crippen molar-refractivity contribution in [3.63, 3.8) is 0 Å². The van der Waals surface area contributed by atoms with Crippen LogP contribution in [-0.2, 0) is 9.53 Å². The van der Waals surface area contributed by atoms with Gasteiger partial charge < -0.3 is 24.1 Å². The van der Waals surface area contributed by atoms with Gasteiger partial charge in [-0.25, -0.2) is 19.7 Å². The van der Waals surface area contributed by atoms with Crippen molar-refractivity contribution in [2.24, 2.45) is 0 Å². The molecule has 2 aliphatic rings. The molecule has 2 saturated heterocycles. The minimum Gasteiger partial charge on any atom is -0.461 e. The van der Waals surface area contributed by atoms with E-state index >= 15 is 4.39 Å². The van der Waals surface area contributed by atoms with Gasteiger partial charge in [0.2, 0.25) is 6.54 Å². The quantitative estimate of drug-likeness (QED) is 0.185. The van der Waals surface area contributed by atoms with Gasteiger partial charge in [0.25, 0.3) is 5.91 Å². The number of aromatic nitrogens is 3. The van der Waals surface area contributed by atoms with E-state index in [9.17, 15) is 13.6 Å². The SMILES string of the molecule is [C-]#[N+]C[C@H]1CN(c2nc(OCC3(C)C(OC)CN3C)nc3c(F)c(-c4cccc5ccc(F)c(Cl)c45)ncc23)CCN1C(=O)C(=C)F. The minimum atomic E-state index is -1.12. The number of likely N-dealkylation sites (tertiary alicyclic amines) is 1. The molecule has 6 rings (SSSR count). The van der Waals surface area contributed by atoms with Crippen molar-refractivity contribution in [2.75, 3.05) is 58.4 Å². The van der Waals surface area contributed by atoms with Crippen molar-refractivity contribution in [1.82, 2.24) is 24.8 Å².